The van der Waals surface area contributed by atoms with Crippen molar-refractivity contribution >= 4 is 23.7 Å². The van der Waals surface area contributed by atoms with Crippen LogP contribution in [0.25, 0.3) is 0 Å². The zero-order valence-corrected chi connectivity index (χ0v) is 24.5. The molecule has 224 valence electrons. The highest BCUT2D eigenvalue weighted by Gasteiger charge is 2.42. The predicted molar refractivity (Wildman–Crippen MR) is 154 cm³/mol. The lowest BCUT2D eigenvalue weighted by molar-refractivity contribution is -0.149. The average Bonchev–Trinajstić information content (AvgIpc) is 2.99. The molecule has 3 aliphatic rings. The standard InChI is InChI=1S/C31H44N4O6/c1-22(2)25-21-41-26-9-5-4-8-24(26)28(37)32-15-7-6-12-31(30(39)33-25)13-18-34(19-14-31)20-27(36)35-16-10-23(11-17-35)29(38)40-3/h4-9,22-23,25H,10-21H2,1-3H3,(H,32,37)(H,33,39)/b7-6+/t25-/m0/s1. The Bertz CT molecular complexity index is 1120. The molecule has 3 heterocycles. The van der Waals surface area contributed by atoms with Gasteiger partial charge in [0.25, 0.3) is 5.91 Å². The fourth-order valence-electron chi connectivity index (χ4n) is 5.81. The number of para-hydroxylation sites is 1. The molecule has 1 aromatic carbocycles. The van der Waals surface area contributed by atoms with E-state index in [-0.39, 0.29) is 48.2 Å². The monoisotopic (exact) mass is 568 g/mol. The lowest BCUT2D eigenvalue weighted by Crippen LogP contribution is -2.54. The van der Waals surface area contributed by atoms with Gasteiger partial charge in [0.2, 0.25) is 11.8 Å². The van der Waals surface area contributed by atoms with E-state index in [1.807, 2.05) is 37.0 Å². The van der Waals surface area contributed by atoms with Crippen LogP contribution in [0.1, 0.15) is 56.3 Å². The molecule has 0 aliphatic carbocycles. The van der Waals surface area contributed by atoms with Crippen molar-refractivity contribution in [2.75, 3.05) is 53.0 Å². The van der Waals surface area contributed by atoms with Crippen molar-refractivity contribution in [3.8, 4) is 5.75 Å². The Morgan fingerprint density at radius 1 is 1.07 bits per heavy atom. The number of ether oxygens (including phenoxy) is 2. The molecule has 0 unspecified atom stereocenters. The minimum atomic E-state index is -0.603. The van der Waals surface area contributed by atoms with Crippen molar-refractivity contribution in [1.82, 2.24) is 20.4 Å². The molecule has 2 N–H and O–H groups in total. The van der Waals surface area contributed by atoms with Gasteiger partial charge in [0.05, 0.1) is 36.6 Å². The Labute approximate surface area is 242 Å². The van der Waals surface area contributed by atoms with Crippen LogP contribution < -0.4 is 15.4 Å². The number of carbonyl (C=O) groups excluding carboxylic acids is 4. The number of likely N-dealkylation sites (tertiary alicyclic amines) is 2. The first-order valence-electron chi connectivity index (χ1n) is 14.8. The molecule has 1 atom stereocenters. The lowest BCUT2D eigenvalue weighted by atomic mass is 9.74. The number of hydrogen-bond acceptors (Lipinski definition) is 7. The molecule has 10 nitrogen and oxygen atoms in total. The number of nitrogens with zero attached hydrogens (tertiary/aromatic N) is 2. The van der Waals surface area contributed by atoms with Gasteiger partial charge in [-0.2, -0.15) is 0 Å². The number of rotatable bonds is 4. The number of piperidine rings is 2. The molecule has 1 aromatic rings. The average molecular weight is 569 g/mol. The molecule has 1 spiro atoms. The fraction of sp³-hybridized carbons (Fsp3) is 0.613. The van der Waals surface area contributed by atoms with E-state index < -0.39 is 5.41 Å². The highest BCUT2D eigenvalue weighted by atomic mass is 16.5. The molecule has 3 aliphatic heterocycles. The lowest BCUT2D eigenvalue weighted by Gasteiger charge is -2.42. The minimum Gasteiger partial charge on any atom is -0.491 e. The molecule has 0 bridgehead atoms. The normalized spacial score (nSPS) is 23.5. The molecular formula is C31H44N4O6. The van der Waals surface area contributed by atoms with E-state index in [4.69, 9.17) is 9.47 Å². The SMILES string of the molecule is COC(=O)C1CCN(C(=O)CN2CCC3(C/C=C/CNC(=O)c4ccccc4OC[C@@H](C(C)C)NC3=O)CC2)CC1. The number of hydrogen-bond donors (Lipinski definition) is 2. The Kier molecular flexibility index (Phi) is 10.4. The highest BCUT2D eigenvalue weighted by Crippen LogP contribution is 2.36. The maximum Gasteiger partial charge on any atom is 0.308 e. The molecule has 0 saturated carbocycles. The van der Waals surface area contributed by atoms with Crippen LogP contribution in [0.2, 0.25) is 0 Å². The summed E-state index contributed by atoms with van der Waals surface area (Å²) < 4.78 is 10.9. The number of amides is 3. The van der Waals surface area contributed by atoms with Crippen LogP contribution in [-0.2, 0) is 19.1 Å². The molecule has 4 rings (SSSR count). The molecule has 41 heavy (non-hydrogen) atoms. The van der Waals surface area contributed by atoms with Crippen molar-refractivity contribution in [1.29, 1.82) is 0 Å². The van der Waals surface area contributed by atoms with Gasteiger partial charge in [0, 0.05) is 19.6 Å². The van der Waals surface area contributed by atoms with E-state index in [1.165, 1.54) is 7.11 Å². The summed E-state index contributed by atoms with van der Waals surface area (Å²) in [6, 6.07) is 6.92. The van der Waals surface area contributed by atoms with E-state index >= 15 is 0 Å². The molecule has 10 heteroatoms. The first kappa shape index (κ1) is 30.6. The van der Waals surface area contributed by atoms with E-state index in [0.717, 1.165) is 0 Å². The van der Waals surface area contributed by atoms with Crippen LogP contribution in [0.4, 0.5) is 0 Å². The van der Waals surface area contributed by atoms with E-state index in [9.17, 15) is 19.2 Å². The van der Waals surface area contributed by atoms with Gasteiger partial charge in [-0.25, -0.2) is 0 Å². The van der Waals surface area contributed by atoms with Gasteiger partial charge in [-0.1, -0.05) is 38.1 Å². The van der Waals surface area contributed by atoms with Crippen LogP contribution in [0.3, 0.4) is 0 Å². The number of allylic oxidation sites excluding steroid dienone is 1. The summed E-state index contributed by atoms with van der Waals surface area (Å²) in [5.74, 6) is 0.155. The quantitative estimate of drug-likeness (QED) is 0.423. The summed E-state index contributed by atoms with van der Waals surface area (Å²) in [6.45, 7) is 7.41. The Hall–Kier alpha value is -3.40. The topological polar surface area (TPSA) is 117 Å². The number of carbonyl (C=O) groups is 4. The minimum absolute atomic E-state index is 0.00897. The molecular weight excluding hydrogens is 524 g/mol. The molecule has 3 amide bonds. The van der Waals surface area contributed by atoms with Crippen molar-refractivity contribution in [3.63, 3.8) is 0 Å². The number of benzene rings is 1. The van der Waals surface area contributed by atoms with Crippen LogP contribution in [-0.4, -0.2) is 92.5 Å². The highest BCUT2D eigenvalue weighted by molar-refractivity contribution is 5.97. The predicted octanol–water partition coefficient (Wildman–Crippen LogP) is 2.39. The van der Waals surface area contributed by atoms with Crippen LogP contribution >= 0.6 is 0 Å². The van der Waals surface area contributed by atoms with Gasteiger partial charge >= 0.3 is 5.97 Å². The van der Waals surface area contributed by atoms with Gasteiger partial charge in [-0.3, -0.25) is 24.1 Å². The second-order valence-electron chi connectivity index (χ2n) is 11.8. The third kappa shape index (κ3) is 7.67. The van der Waals surface area contributed by atoms with Crippen LogP contribution in [0, 0.1) is 17.3 Å². The van der Waals surface area contributed by atoms with Gasteiger partial charge in [0.1, 0.15) is 12.4 Å². The summed E-state index contributed by atoms with van der Waals surface area (Å²) in [5.41, 5.74) is -0.133. The van der Waals surface area contributed by atoms with Crippen molar-refractivity contribution in [2.24, 2.45) is 17.3 Å². The van der Waals surface area contributed by atoms with Crippen molar-refractivity contribution in [2.45, 2.75) is 52.0 Å². The second kappa shape index (κ2) is 14.0. The van der Waals surface area contributed by atoms with Gasteiger partial charge < -0.3 is 25.0 Å². The summed E-state index contributed by atoms with van der Waals surface area (Å²) >= 11 is 0. The number of esters is 1. The van der Waals surface area contributed by atoms with Gasteiger partial charge in [-0.15, -0.1) is 0 Å². The number of nitrogens with one attached hydrogen (secondary N) is 2. The zero-order chi connectivity index (χ0) is 29.4. The molecule has 0 radical (unpaired) electrons. The molecule has 2 saturated heterocycles. The van der Waals surface area contributed by atoms with Crippen LogP contribution in [0.5, 0.6) is 5.75 Å². The second-order valence-corrected chi connectivity index (χ2v) is 11.8. The van der Waals surface area contributed by atoms with Gasteiger partial charge in [-0.05, 0) is 63.2 Å². The maximum absolute atomic E-state index is 13.9. The smallest absolute Gasteiger partial charge is 0.308 e. The molecule has 2 fully saturated rings. The third-order valence-electron chi connectivity index (χ3n) is 8.76. The Morgan fingerprint density at radius 3 is 2.46 bits per heavy atom. The first-order chi connectivity index (χ1) is 19.7. The van der Waals surface area contributed by atoms with E-state index in [2.05, 4.69) is 15.5 Å². The Morgan fingerprint density at radius 2 is 1.78 bits per heavy atom. The van der Waals surface area contributed by atoms with E-state index in [1.54, 1.807) is 18.2 Å². The van der Waals surface area contributed by atoms with Crippen molar-refractivity contribution in [3.05, 3.63) is 42.0 Å². The maximum atomic E-state index is 13.9. The third-order valence-corrected chi connectivity index (χ3v) is 8.76. The summed E-state index contributed by atoms with van der Waals surface area (Å²) in [4.78, 5) is 55.4. The summed E-state index contributed by atoms with van der Waals surface area (Å²) in [7, 11) is 1.40. The fourth-order valence-corrected chi connectivity index (χ4v) is 5.81. The van der Waals surface area contributed by atoms with Crippen LogP contribution in [0.15, 0.2) is 36.4 Å². The Balaban J connectivity index is 1.40. The largest absolute Gasteiger partial charge is 0.491 e. The zero-order valence-electron chi connectivity index (χ0n) is 24.5. The summed E-state index contributed by atoms with van der Waals surface area (Å²) in [5, 5.41) is 6.19. The van der Waals surface area contributed by atoms with Gasteiger partial charge in [0.15, 0.2) is 0 Å². The van der Waals surface area contributed by atoms with Crippen molar-refractivity contribution < 1.29 is 28.7 Å². The molecule has 0 aromatic heterocycles. The number of methoxy groups -OCH3 is 1. The number of fused-ring (bicyclic) bond motifs is 1. The van der Waals surface area contributed by atoms with E-state index in [0.29, 0.717) is 82.7 Å². The summed E-state index contributed by atoms with van der Waals surface area (Å²) in [6.07, 6.45) is 6.95. The first-order valence-corrected chi connectivity index (χ1v) is 14.8.